The lowest BCUT2D eigenvalue weighted by molar-refractivity contribution is -0.870. The second kappa shape index (κ2) is 22.3. The number of hydrogen-bond acceptors (Lipinski definition) is 7. The summed E-state index contributed by atoms with van der Waals surface area (Å²) in [6, 6.07) is 0. The lowest BCUT2D eigenvalue weighted by Gasteiger charge is -2.24. The fourth-order valence-corrected chi connectivity index (χ4v) is 4.64. The van der Waals surface area contributed by atoms with Crippen LogP contribution < -0.4 is 0 Å². The van der Waals surface area contributed by atoms with Crippen molar-refractivity contribution in [3.05, 3.63) is 0 Å². The Morgan fingerprint density at radius 3 is 1.79 bits per heavy atom. The Bertz CT molecular complexity index is 777. The molecule has 0 aromatic heterocycles. The van der Waals surface area contributed by atoms with E-state index in [-0.39, 0.29) is 13.0 Å². The summed E-state index contributed by atoms with van der Waals surface area (Å²) in [5.74, 6) is -3.67. The van der Waals surface area contributed by atoms with Crippen LogP contribution in [0.1, 0.15) is 110 Å². The monoisotopic (exact) mass is 634 g/mol. The zero-order valence-corrected chi connectivity index (χ0v) is 27.3. The lowest BCUT2D eigenvalue weighted by atomic mass is 10.0. The molecular formula is C29H56F3NO8P+. The molecule has 250 valence electrons. The van der Waals surface area contributed by atoms with Crippen molar-refractivity contribution in [1.82, 2.24) is 0 Å². The van der Waals surface area contributed by atoms with Crippen LogP contribution in [-0.4, -0.2) is 81.1 Å². The van der Waals surface area contributed by atoms with Gasteiger partial charge in [0.15, 0.2) is 6.10 Å². The van der Waals surface area contributed by atoms with Gasteiger partial charge in [-0.3, -0.25) is 18.6 Å². The first-order valence-electron chi connectivity index (χ1n) is 15.4. The Hall–Kier alpha value is -1.20. The molecule has 0 aromatic rings. The molecule has 0 radical (unpaired) electrons. The number of esters is 2. The van der Waals surface area contributed by atoms with E-state index in [1.165, 1.54) is 51.4 Å². The van der Waals surface area contributed by atoms with Crippen LogP contribution >= 0.6 is 7.82 Å². The van der Waals surface area contributed by atoms with E-state index in [9.17, 15) is 32.2 Å². The molecule has 9 nitrogen and oxygen atoms in total. The molecule has 0 heterocycles. The summed E-state index contributed by atoms with van der Waals surface area (Å²) in [4.78, 5) is 34.2. The van der Waals surface area contributed by atoms with Gasteiger partial charge < -0.3 is 18.9 Å². The van der Waals surface area contributed by atoms with Gasteiger partial charge in [-0.1, -0.05) is 90.9 Å². The highest BCUT2D eigenvalue weighted by Crippen LogP contribution is 2.43. The first kappa shape index (κ1) is 40.8. The molecule has 2 unspecified atom stereocenters. The van der Waals surface area contributed by atoms with Gasteiger partial charge in [-0.15, -0.1) is 0 Å². The predicted octanol–water partition coefficient (Wildman–Crippen LogP) is 7.35. The lowest BCUT2D eigenvalue weighted by Crippen LogP contribution is -2.37. The Morgan fingerprint density at radius 2 is 1.31 bits per heavy atom. The highest BCUT2D eigenvalue weighted by molar-refractivity contribution is 7.47. The molecule has 0 aliphatic carbocycles. The number of phosphoric acid groups is 1. The minimum absolute atomic E-state index is 0.0783. The third-order valence-electron chi connectivity index (χ3n) is 6.68. The predicted molar refractivity (Wildman–Crippen MR) is 156 cm³/mol. The Balaban J connectivity index is 4.53. The molecule has 0 fully saturated rings. The largest absolute Gasteiger partial charge is 0.472 e. The van der Waals surface area contributed by atoms with Gasteiger partial charge in [0.25, 0.3) is 0 Å². The number of nitrogens with zero attached hydrogens (tertiary/aromatic N) is 1. The molecule has 0 saturated heterocycles. The first-order chi connectivity index (χ1) is 19.6. The quantitative estimate of drug-likeness (QED) is 0.0456. The third-order valence-corrected chi connectivity index (χ3v) is 7.67. The normalized spacial score (nSPS) is 15.2. The molecule has 3 atom stereocenters. The number of likely N-dealkylation sites (N-methyl/N-ethyl adjacent to an activating group) is 1. The van der Waals surface area contributed by atoms with Crippen molar-refractivity contribution in [2.24, 2.45) is 5.92 Å². The maximum absolute atomic E-state index is 12.8. The second-order valence-electron chi connectivity index (χ2n) is 12.0. The van der Waals surface area contributed by atoms with Crippen LogP contribution in [0.5, 0.6) is 0 Å². The standard InChI is InChI=1S/C29H55F3NO8P/c1-6-7-8-9-10-11-12-13-14-15-16-17-18-19-27(34)41-26(23-38-28(35)22-25(2)29(30,31)32)24-40-42(36,37)39-21-20-33(3,4)5/h25-26H,6-24H2,1-5H3/p+1/t25?,26-/m1/s1. The number of carbonyl (C=O) groups excluding carboxylic acids is 2. The molecule has 13 heteroatoms. The molecular weight excluding hydrogens is 578 g/mol. The Morgan fingerprint density at radius 1 is 0.810 bits per heavy atom. The third kappa shape index (κ3) is 25.3. The van der Waals surface area contributed by atoms with Gasteiger partial charge in [0, 0.05) is 6.42 Å². The van der Waals surface area contributed by atoms with Gasteiger partial charge in [0.2, 0.25) is 0 Å². The van der Waals surface area contributed by atoms with E-state index in [1.807, 2.05) is 21.1 Å². The summed E-state index contributed by atoms with van der Waals surface area (Å²) < 4.78 is 71.0. The highest BCUT2D eigenvalue weighted by Gasteiger charge is 2.37. The van der Waals surface area contributed by atoms with E-state index in [0.717, 1.165) is 32.6 Å². The molecule has 0 rings (SSSR count). The number of carbonyl (C=O) groups is 2. The summed E-state index contributed by atoms with van der Waals surface area (Å²) in [6.07, 6.45) is 8.28. The Labute approximate surface area is 251 Å². The molecule has 42 heavy (non-hydrogen) atoms. The number of alkyl halides is 3. The van der Waals surface area contributed by atoms with Gasteiger partial charge in [-0.25, -0.2) is 4.57 Å². The first-order valence-corrected chi connectivity index (χ1v) is 16.9. The summed E-state index contributed by atoms with van der Waals surface area (Å²) in [6.45, 7) is 2.16. The number of halogens is 3. The van der Waals surface area contributed by atoms with Gasteiger partial charge in [0.05, 0.1) is 40.1 Å². The molecule has 0 aromatic carbocycles. The van der Waals surface area contributed by atoms with E-state index >= 15 is 0 Å². The van der Waals surface area contributed by atoms with Crippen LogP contribution in [0.2, 0.25) is 0 Å². The number of phosphoric ester groups is 1. The summed E-state index contributed by atoms with van der Waals surface area (Å²) in [5, 5.41) is 0. The Kier molecular flexibility index (Phi) is 21.7. The smallest absolute Gasteiger partial charge is 0.462 e. The highest BCUT2D eigenvalue weighted by atomic mass is 31.2. The van der Waals surface area contributed by atoms with Crippen LogP contribution in [0.25, 0.3) is 0 Å². The minimum Gasteiger partial charge on any atom is -0.462 e. The van der Waals surface area contributed by atoms with Gasteiger partial charge in [-0.05, 0) is 6.42 Å². The molecule has 0 spiro atoms. The fourth-order valence-electron chi connectivity index (χ4n) is 3.90. The maximum Gasteiger partial charge on any atom is 0.472 e. The number of quaternary nitrogens is 1. The van der Waals surface area contributed by atoms with E-state index in [2.05, 4.69) is 6.92 Å². The van der Waals surface area contributed by atoms with Gasteiger partial charge >= 0.3 is 25.9 Å². The minimum atomic E-state index is -4.56. The van der Waals surface area contributed by atoms with Crippen LogP contribution in [0.15, 0.2) is 0 Å². The number of rotatable bonds is 26. The van der Waals surface area contributed by atoms with Crippen molar-refractivity contribution in [2.45, 2.75) is 122 Å². The van der Waals surface area contributed by atoms with Gasteiger partial charge in [0.1, 0.15) is 19.8 Å². The molecule has 0 amide bonds. The summed E-state index contributed by atoms with van der Waals surface area (Å²) >= 11 is 0. The average Bonchev–Trinajstić information content (AvgIpc) is 2.87. The summed E-state index contributed by atoms with van der Waals surface area (Å²) in [5.41, 5.74) is 0. The fraction of sp³-hybridized carbons (Fsp3) is 0.931. The zero-order valence-electron chi connectivity index (χ0n) is 26.4. The van der Waals surface area contributed by atoms with E-state index in [0.29, 0.717) is 17.4 Å². The van der Waals surface area contributed by atoms with E-state index in [4.69, 9.17) is 18.5 Å². The molecule has 1 N–H and O–H groups in total. The van der Waals surface area contributed by atoms with E-state index in [1.54, 1.807) is 0 Å². The van der Waals surface area contributed by atoms with Crippen molar-refractivity contribution in [3.63, 3.8) is 0 Å². The van der Waals surface area contributed by atoms with Gasteiger partial charge in [-0.2, -0.15) is 13.2 Å². The maximum atomic E-state index is 12.8. The molecule has 0 bridgehead atoms. The molecule has 0 saturated carbocycles. The summed E-state index contributed by atoms with van der Waals surface area (Å²) in [7, 11) is 1.10. The second-order valence-corrected chi connectivity index (χ2v) is 13.5. The van der Waals surface area contributed by atoms with Crippen LogP contribution in [0.4, 0.5) is 13.2 Å². The van der Waals surface area contributed by atoms with Crippen molar-refractivity contribution < 1.29 is 55.2 Å². The number of hydrogen-bond donors (Lipinski definition) is 1. The van der Waals surface area contributed by atoms with Crippen molar-refractivity contribution >= 4 is 19.8 Å². The van der Waals surface area contributed by atoms with Crippen LogP contribution in [0.3, 0.4) is 0 Å². The van der Waals surface area contributed by atoms with Crippen molar-refractivity contribution in [1.29, 1.82) is 0 Å². The topological polar surface area (TPSA) is 108 Å². The average molecular weight is 635 g/mol. The van der Waals surface area contributed by atoms with Crippen LogP contribution in [-0.2, 0) is 32.7 Å². The van der Waals surface area contributed by atoms with Crippen molar-refractivity contribution in [3.8, 4) is 0 Å². The SMILES string of the molecule is CCCCCCCCCCCCCCCC(=O)O[C@H](COC(=O)CC(C)C(F)(F)F)COP(=O)(O)OCC[N+](C)(C)C. The van der Waals surface area contributed by atoms with E-state index < -0.39 is 57.6 Å². The molecule has 0 aliphatic rings. The zero-order chi connectivity index (χ0) is 32.1. The van der Waals surface area contributed by atoms with Crippen LogP contribution in [0, 0.1) is 5.92 Å². The van der Waals surface area contributed by atoms with Crippen molar-refractivity contribution in [2.75, 3.05) is 47.5 Å². The number of ether oxygens (including phenoxy) is 2. The molecule has 0 aliphatic heterocycles. The number of unbranched alkanes of at least 4 members (excludes halogenated alkanes) is 12.